The second-order valence-corrected chi connectivity index (χ2v) is 8.17. The summed E-state index contributed by atoms with van der Waals surface area (Å²) in [5.41, 5.74) is 1.56. The van der Waals surface area contributed by atoms with Crippen molar-refractivity contribution in [2.45, 2.75) is 19.3 Å². The number of hydrogen-bond donors (Lipinski definition) is 1. The Balaban J connectivity index is 1.53. The van der Waals surface area contributed by atoms with Crippen LogP contribution >= 0.6 is 11.3 Å². The smallest absolute Gasteiger partial charge is 0.293 e. The summed E-state index contributed by atoms with van der Waals surface area (Å²) in [6.45, 7) is 1.51. The van der Waals surface area contributed by atoms with Crippen LogP contribution in [0.5, 0.6) is 0 Å². The van der Waals surface area contributed by atoms with Crippen molar-refractivity contribution >= 4 is 39.4 Å². The third-order valence-electron chi connectivity index (χ3n) is 5.21. The quantitative estimate of drug-likeness (QED) is 0.416. The van der Waals surface area contributed by atoms with Crippen molar-refractivity contribution in [3.63, 3.8) is 0 Å². The predicted molar refractivity (Wildman–Crippen MR) is 121 cm³/mol. The molecule has 164 valence electrons. The molecule has 10 nitrogen and oxygen atoms in total. The van der Waals surface area contributed by atoms with Crippen LogP contribution in [0.1, 0.15) is 29.6 Å². The van der Waals surface area contributed by atoms with Crippen LogP contribution in [0, 0.1) is 20.2 Å². The zero-order chi connectivity index (χ0) is 22.7. The first kappa shape index (κ1) is 21.4. The zero-order valence-electron chi connectivity index (χ0n) is 16.9. The van der Waals surface area contributed by atoms with E-state index in [0.717, 1.165) is 43.7 Å². The summed E-state index contributed by atoms with van der Waals surface area (Å²) in [6.07, 6.45) is 3.07. The molecule has 1 aliphatic rings. The summed E-state index contributed by atoms with van der Waals surface area (Å²) in [5, 5.41) is 27.2. The van der Waals surface area contributed by atoms with E-state index in [1.165, 1.54) is 18.2 Å². The van der Waals surface area contributed by atoms with Crippen LogP contribution in [0.2, 0.25) is 0 Å². The normalized spacial score (nSPS) is 13.6. The highest BCUT2D eigenvalue weighted by molar-refractivity contribution is 7.14. The molecule has 0 atom stereocenters. The number of thiazole rings is 1. The molecular weight excluding hydrogens is 434 g/mol. The predicted octanol–water partition coefficient (Wildman–Crippen LogP) is 4.87. The van der Waals surface area contributed by atoms with Gasteiger partial charge in [0, 0.05) is 47.8 Å². The third kappa shape index (κ3) is 4.57. The molecule has 1 aliphatic heterocycles. The minimum Gasteiger partial charge on any atom is -0.366 e. The Hall–Kier alpha value is -3.86. The SMILES string of the molecule is O=C(Nc1nc(-c2cccc([N+](=O)[O-])c2)cs1)c1ccc(N2CCCCC2)c([N+](=O)[O-])c1. The summed E-state index contributed by atoms with van der Waals surface area (Å²) < 4.78 is 0. The van der Waals surface area contributed by atoms with Crippen LogP contribution in [-0.4, -0.2) is 33.8 Å². The average Bonchev–Trinajstić information content (AvgIpc) is 3.27. The largest absolute Gasteiger partial charge is 0.366 e. The van der Waals surface area contributed by atoms with Crippen molar-refractivity contribution in [2.75, 3.05) is 23.3 Å². The maximum Gasteiger partial charge on any atom is 0.293 e. The molecular formula is C21H19N5O5S. The van der Waals surface area contributed by atoms with E-state index < -0.39 is 15.8 Å². The Morgan fingerprint density at radius 3 is 2.53 bits per heavy atom. The fourth-order valence-corrected chi connectivity index (χ4v) is 4.34. The van der Waals surface area contributed by atoms with E-state index in [4.69, 9.17) is 0 Å². The van der Waals surface area contributed by atoms with E-state index >= 15 is 0 Å². The lowest BCUT2D eigenvalue weighted by Gasteiger charge is -2.28. The van der Waals surface area contributed by atoms with Gasteiger partial charge in [-0.1, -0.05) is 12.1 Å². The van der Waals surface area contributed by atoms with Gasteiger partial charge in [0.15, 0.2) is 5.13 Å². The number of carbonyl (C=O) groups is 1. The number of anilines is 2. The first-order chi connectivity index (χ1) is 15.4. The number of nitro benzene ring substituents is 2. The molecule has 1 fully saturated rings. The number of hydrogen-bond acceptors (Lipinski definition) is 8. The average molecular weight is 453 g/mol. The number of rotatable bonds is 6. The second kappa shape index (κ2) is 9.10. The summed E-state index contributed by atoms with van der Waals surface area (Å²) in [4.78, 5) is 40.6. The van der Waals surface area contributed by atoms with Gasteiger partial charge in [-0.15, -0.1) is 11.3 Å². The molecule has 1 aromatic heterocycles. The second-order valence-electron chi connectivity index (χ2n) is 7.31. The zero-order valence-corrected chi connectivity index (χ0v) is 17.7. The summed E-state index contributed by atoms with van der Waals surface area (Å²) in [6, 6.07) is 10.5. The molecule has 2 heterocycles. The molecule has 0 spiro atoms. The van der Waals surface area contributed by atoms with Gasteiger partial charge in [-0.25, -0.2) is 4.98 Å². The summed E-state index contributed by atoms with van der Waals surface area (Å²) >= 11 is 1.16. The van der Waals surface area contributed by atoms with Crippen molar-refractivity contribution in [3.05, 3.63) is 73.6 Å². The van der Waals surface area contributed by atoms with Crippen LogP contribution in [0.25, 0.3) is 11.3 Å². The molecule has 32 heavy (non-hydrogen) atoms. The number of carbonyl (C=O) groups excluding carboxylic acids is 1. The Bertz CT molecular complexity index is 1190. The van der Waals surface area contributed by atoms with Crippen molar-refractivity contribution < 1.29 is 14.6 Å². The van der Waals surface area contributed by atoms with Gasteiger partial charge in [-0.3, -0.25) is 30.3 Å². The lowest BCUT2D eigenvalue weighted by atomic mass is 10.1. The van der Waals surface area contributed by atoms with E-state index in [1.807, 2.05) is 4.90 Å². The fourth-order valence-electron chi connectivity index (χ4n) is 3.62. The Morgan fingerprint density at radius 1 is 1.03 bits per heavy atom. The van der Waals surface area contributed by atoms with Gasteiger partial charge in [0.05, 0.1) is 15.5 Å². The van der Waals surface area contributed by atoms with Crippen LogP contribution in [0.3, 0.4) is 0 Å². The van der Waals surface area contributed by atoms with Gasteiger partial charge in [0.25, 0.3) is 17.3 Å². The maximum absolute atomic E-state index is 12.7. The van der Waals surface area contributed by atoms with E-state index in [-0.39, 0.29) is 16.9 Å². The van der Waals surface area contributed by atoms with E-state index in [2.05, 4.69) is 10.3 Å². The van der Waals surface area contributed by atoms with Gasteiger partial charge in [0.1, 0.15) is 5.69 Å². The van der Waals surface area contributed by atoms with E-state index in [9.17, 15) is 25.0 Å². The van der Waals surface area contributed by atoms with Gasteiger partial charge in [-0.2, -0.15) is 0 Å². The van der Waals surface area contributed by atoms with Crippen LogP contribution < -0.4 is 10.2 Å². The van der Waals surface area contributed by atoms with Crippen LogP contribution in [0.4, 0.5) is 22.2 Å². The lowest BCUT2D eigenvalue weighted by molar-refractivity contribution is -0.384. The van der Waals surface area contributed by atoms with E-state index in [0.29, 0.717) is 22.1 Å². The lowest BCUT2D eigenvalue weighted by Crippen LogP contribution is -2.30. The van der Waals surface area contributed by atoms with E-state index in [1.54, 1.807) is 29.6 Å². The highest BCUT2D eigenvalue weighted by atomic mass is 32.1. The van der Waals surface area contributed by atoms with Crippen LogP contribution in [0.15, 0.2) is 47.8 Å². The highest BCUT2D eigenvalue weighted by Crippen LogP contribution is 2.32. The molecule has 11 heteroatoms. The standard InChI is InChI=1S/C21H19N5O5S/c27-20(15-7-8-18(19(12-15)26(30)31)24-9-2-1-3-10-24)23-21-22-17(13-32-21)14-5-4-6-16(11-14)25(28)29/h4-8,11-13H,1-3,9-10H2,(H,22,23,27). The number of nitro groups is 2. The third-order valence-corrected chi connectivity index (χ3v) is 5.97. The number of aromatic nitrogens is 1. The van der Waals surface area contributed by atoms with Gasteiger partial charge < -0.3 is 4.90 Å². The molecule has 4 rings (SSSR count). The Kier molecular flexibility index (Phi) is 6.08. The minimum atomic E-state index is -0.516. The minimum absolute atomic E-state index is 0.0535. The van der Waals surface area contributed by atoms with Crippen molar-refractivity contribution in [2.24, 2.45) is 0 Å². The molecule has 2 aromatic carbocycles. The van der Waals surface area contributed by atoms with Crippen molar-refractivity contribution in [1.82, 2.24) is 4.98 Å². The number of amides is 1. The van der Waals surface area contributed by atoms with Crippen LogP contribution in [-0.2, 0) is 0 Å². The first-order valence-electron chi connectivity index (χ1n) is 9.97. The highest BCUT2D eigenvalue weighted by Gasteiger charge is 2.23. The monoisotopic (exact) mass is 453 g/mol. The number of nitrogens with zero attached hydrogens (tertiary/aromatic N) is 4. The van der Waals surface area contributed by atoms with Gasteiger partial charge in [0.2, 0.25) is 0 Å². The van der Waals surface area contributed by atoms with Crippen molar-refractivity contribution in [3.8, 4) is 11.3 Å². The number of piperidine rings is 1. The van der Waals surface area contributed by atoms with Gasteiger partial charge >= 0.3 is 0 Å². The molecule has 0 radical (unpaired) electrons. The fraction of sp³-hybridized carbons (Fsp3) is 0.238. The summed E-state index contributed by atoms with van der Waals surface area (Å²) in [5.74, 6) is -0.516. The molecule has 0 aliphatic carbocycles. The topological polar surface area (TPSA) is 132 Å². The first-order valence-corrected chi connectivity index (χ1v) is 10.9. The molecule has 3 aromatic rings. The number of nitrogens with one attached hydrogen (secondary N) is 1. The maximum atomic E-state index is 12.7. The Morgan fingerprint density at radius 2 is 1.81 bits per heavy atom. The molecule has 0 saturated carbocycles. The number of non-ortho nitro benzene ring substituents is 1. The number of benzene rings is 2. The van der Waals surface area contributed by atoms with Crippen molar-refractivity contribution in [1.29, 1.82) is 0 Å². The molecule has 0 bridgehead atoms. The summed E-state index contributed by atoms with van der Waals surface area (Å²) in [7, 11) is 0. The van der Waals surface area contributed by atoms with Gasteiger partial charge in [-0.05, 0) is 31.4 Å². The molecule has 1 amide bonds. The Labute approximate surface area is 186 Å². The molecule has 0 unspecified atom stereocenters. The molecule has 1 N–H and O–H groups in total. The molecule has 1 saturated heterocycles.